The van der Waals surface area contributed by atoms with Crippen molar-refractivity contribution in [1.29, 1.82) is 0 Å². The van der Waals surface area contributed by atoms with E-state index in [0.717, 1.165) is 6.42 Å². The molecule has 4 nitrogen and oxygen atoms in total. The number of esters is 1. The minimum atomic E-state index is -1.38. The number of rotatable bonds is 7. The van der Waals surface area contributed by atoms with Crippen molar-refractivity contribution in [3.8, 4) is 0 Å². The molecule has 1 N–H and O–H groups in total. The fraction of sp³-hybridized carbons (Fsp3) is 0.833. The summed E-state index contributed by atoms with van der Waals surface area (Å²) in [7, 11) is 0. The van der Waals surface area contributed by atoms with Crippen molar-refractivity contribution >= 4 is 11.9 Å². The fourth-order valence-electron chi connectivity index (χ4n) is 2.08. The molecule has 0 aliphatic carbocycles. The molecule has 0 aromatic heterocycles. The summed E-state index contributed by atoms with van der Waals surface area (Å²) in [5.41, 5.74) is -1.38. The van der Waals surface area contributed by atoms with Gasteiger partial charge >= 0.3 is 11.9 Å². The molecule has 94 valence electrons. The van der Waals surface area contributed by atoms with Gasteiger partial charge in [0.1, 0.15) is 0 Å². The lowest BCUT2D eigenvalue weighted by molar-refractivity contribution is -0.173. The largest absolute Gasteiger partial charge is 0.480 e. The van der Waals surface area contributed by atoms with Gasteiger partial charge in [0.2, 0.25) is 0 Å². The molecule has 16 heavy (non-hydrogen) atoms. The third kappa shape index (κ3) is 2.74. The maximum absolute atomic E-state index is 11.9. The molecule has 0 aliphatic rings. The first-order valence-electron chi connectivity index (χ1n) is 5.87. The van der Waals surface area contributed by atoms with E-state index in [4.69, 9.17) is 4.74 Å². The number of carbonyl (C=O) groups excluding carboxylic acids is 1. The Bertz CT molecular complexity index is 249. The molecule has 0 fully saturated rings. The average Bonchev–Trinajstić information content (AvgIpc) is 2.19. The second-order valence-electron chi connectivity index (χ2n) is 4.04. The third-order valence-corrected chi connectivity index (χ3v) is 3.14. The molecule has 0 radical (unpaired) electrons. The molecule has 0 spiro atoms. The number of hydrogen-bond donors (Lipinski definition) is 1. The quantitative estimate of drug-likeness (QED) is 0.539. The second-order valence-corrected chi connectivity index (χ2v) is 4.04. The van der Waals surface area contributed by atoms with Gasteiger partial charge in [-0.25, -0.2) is 0 Å². The van der Waals surface area contributed by atoms with Gasteiger partial charge in [0.05, 0.1) is 6.61 Å². The normalized spacial score (nSPS) is 16.2. The Balaban J connectivity index is 5.14. The van der Waals surface area contributed by atoms with Crippen LogP contribution in [0.2, 0.25) is 0 Å². The first-order valence-corrected chi connectivity index (χ1v) is 5.87. The minimum Gasteiger partial charge on any atom is -0.480 e. The van der Waals surface area contributed by atoms with Gasteiger partial charge in [-0.3, -0.25) is 9.59 Å². The Labute approximate surface area is 97.0 Å². The van der Waals surface area contributed by atoms with Crippen molar-refractivity contribution in [3.63, 3.8) is 0 Å². The number of ether oxygens (including phenoxy) is 1. The summed E-state index contributed by atoms with van der Waals surface area (Å²) in [6, 6.07) is 0. The molecular weight excluding hydrogens is 208 g/mol. The topological polar surface area (TPSA) is 63.6 Å². The van der Waals surface area contributed by atoms with E-state index in [1.807, 2.05) is 6.92 Å². The molecule has 0 rings (SSSR count). The zero-order valence-corrected chi connectivity index (χ0v) is 10.6. The van der Waals surface area contributed by atoms with Gasteiger partial charge in [-0.1, -0.05) is 27.2 Å². The molecule has 4 heteroatoms. The summed E-state index contributed by atoms with van der Waals surface area (Å²) in [6.07, 6.45) is 1.83. The zero-order valence-electron chi connectivity index (χ0n) is 10.6. The van der Waals surface area contributed by atoms with Crippen molar-refractivity contribution in [2.24, 2.45) is 11.3 Å². The van der Waals surface area contributed by atoms with E-state index < -0.39 is 17.4 Å². The van der Waals surface area contributed by atoms with Gasteiger partial charge in [0.25, 0.3) is 0 Å². The molecule has 2 atom stereocenters. The molecule has 0 saturated carbocycles. The molecule has 0 unspecified atom stereocenters. The average molecular weight is 230 g/mol. The van der Waals surface area contributed by atoms with Crippen LogP contribution in [0.1, 0.15) is 47.0 Å². The molecular formula is C12H22O4. The molecule has 0 heterocycles. The monoisotopic (exact) mass is 230 g/mol. The van der Waals surface area contributed by atoms with E-state index in [2.05, 4.69) is 0 Å². The lowest BCUT2D eigenvalue weighted by Crippen LogP contribution is -2.45. The van der Waals surface area contributed by atoms with E-state index in [0.29, 0.717) is 6.42 Å². The first-order chi connectivity index (χ1) is 7.47. The Kier molecular flexibility index (Phi) is 6.08. The van der Waals surface area contributed by atoms with Crippen LogP contribution in [0.5, 0.6) is 0 Å². The van der Waals surface area contributed by atoms with Crippen LogP contribution in [0, 0.1) is 11.3 Å². The van der Waals surface area contributed by atoms with Crippen LogP contribution in [0.25, 0.3) is 0 Å². The van der Waals surface area contributed by atoms with Gasteiger partial charge in [-0.15, -0.1) is 0 Å². The minimum absolute atomic E-state index is 0.209. The fourth-order valence-corrected chi connectivity index (χ4v) is 2.08. The summed E-state index contributed by atoms with van der Waals surface area (Å²) in [5.74, 6) is -1.89. The number of hydrogen-bond acceptors (Lipinski definition) is 3. The van der Waals surface area contributed by atoms with Crippen LogP contribution in [0.4, 0.5) is 0 Å². The SMILES string of the molecule is CCC[C@H](C)[C@](CC)(C(=O)O)C(=O)OCC. The Morgan fingerprint density at radius 2 is 1.88 bits per heavy atom. The predicted octanol–water partition coefficient (Wildman–Crippen LogP) is 2.47. The van der Waals surface area contributed by atoms with Gasteiger partial charge in [0.15, 0.2) is 5.41 Å². The van der Waals surface area contributed by atoms with Crippen molar-refractivity contribution in [3.05, 3.63) is 0 Å². The summed E-state index contributed by atoms with van der Waals surface area (Å²) in [6.45, 7) is 7.40. The van der Waals surface area contributed by atoms with Gasteiger partial charge in [0, 0.05) is 0 Å². The predicted molar refractivity (Wildman–Crippen MR) is 61.1 cm³/mol. The van der Waals surface area contributed by atoms with Crippen LogP contribution < -0.4 is 0 Å². The second kappa shape index (κ2) is 6.51. The van der Waals surface area contributed by atoms with Crippen LogP contribution in [-0.4, -0.2) is 23.7 Å². The van der Waals surface area contributed by atoms with Crippen LogP contribution in [-0.2, 0) is 14.3 Å². The summed E-state index contributed by atoms with van der Waals surface area (Å²) < 4.78 is 4.91. The van der Waals surface area contributed by atoms with Crippen molar-refractivity contribution in [2.75, 3.05) is 6.61 Å². The Morgan fingerprint density at radius 1 is 1.31 bits per heavy atom. The number of carboxylic acids is 1. The molecule has 0 bridgehead atoms. The lowest BCUT2D eigenvalue weighted by Gasteiger charge is -2.31. The summed E-state index contributed by atoms with van der Waals surface area (Å²) in [4.78, 5) is 23.2. The maximum Gasteiger partial charge on any atom is 0.323 e. The van der Waals surface area contributed by atoms with E-state index in [1.165, 1.54) is 0 Å². The van der Waals surface area contributed by atoms with E-state index in [-0.39, 0.29) is 18.9 Å². The molecule has 0 aromatic carbocycles. The van der Waals surface area contributed by atoms with Crippen LogP contribution in [0.15, 0.2) is 0 Å². The highest BCUT2D eigenvalue weighted by molar-refractivity contribution is 5.99. The van der Waals surface area contributed by atoms with Gasteiger partial charge < -0.3 is 9.84 Å². The lowest BCUT2D eigenvalue weighted by atomic mass is 9.72. The van der Waals surface area contributed by atoms with Crippen LogP contribution in [0.3, 0.4) is 0 Å². The summed E-state index contributed by atoms with van der Waals surface area (Å²) in [5, 5.41) is 9.32. The number of aliphatic carboxylic acids is 1. The Hall–Kier alpha value is -1.06. The highest BCUT2D eigenvalue weighted by atomic mass is 16.5. The Morgan fingerprint density at radius 3 is 2.19 bits per heavy atom. The highest BCUT2D eigenvalue weighted by Crippen LogP contribution is 2.36. The van der Waals surface area contributed by atoms with E-state index >= 15 is 0 Å². The third-order valence-electron chi connectivity index (χ3n) is 3.14. The highest BCUT2D eigenvalue weighted by Gasteiger charge is 2.50. The molecule has 0 saturated heterocycles. The standard InChI is InChI=1S/C12H22O4/c1-5-8-9(4)12(6-2,10(13)14)11(15)16-7-3/h9H,5-8H2,1-4H3,(H,13,14)/t9-,12+/m0/s1. The van der Waals surface area contributed by atoms with Gasteiger partial charge in [-0.05, 0) is 25.7 Å². The maximum atomic E-state index is 11.9. The molecule has 0 aromatic rings. The molecule has 0 amide bonds. The zero-order chi connectivity index (χ0) is 12.8. The van der Waals surface area contributed by atoms with Crippen molar-refractivity contribution in [1.82, 2.24) is 0 Å². The first kappa shape index (κ1) is 14.9. The van der Waals surface area contributed by atoms with Crippen molar-refractivity contribution in [2.45, 2.75) is 47.0 Å². The van der Waals surface area contributed by atoms with E-state index in [9.17, 15) is 14.7 Å². The smallest absolute Gasteiger partial charge is 0.323 e. The van der Waals surface area contributed by atoms with Crippen molar-refractivity contribution < 1.29 is 19.4 Å². The number of carbonyl (C=O) groups is 2. The summed E-state index contributed by atoms with van der Waals surface area (Å²) >= 11 is 0. The van der Waals surface area contributed by atoms with E-state index in [1.54, 1.807) is 20.8 Å². The van der Waals surface area contributed by atoms with Gasteiger partial charge in [-0.2, -0.15) is 0 Å². The molecule has 0 aliphatic heterocycles. The number of carboxylic acid groups (broad SMARTS) is 1. The van der Waals surface area contributed by atoms with Crippen LogP contribution >= 0.6 is 0 Å².